The fraction of sp³-hybridized carbons (Fsp3) is 0.509. The number of amides is 2. The number of esters is 2. The number of rotatable bonds is 10. The number of aromatic nitrogens is 2. The third kappa shape index (κ3) is 17.2. The number of pyridine rings is 2. The van der Waals surface area contributed by atoms with Crippen molar-refractivity contribution < 1.29 is 47.4 Å². The van der Waals surface area contributed by atoms with Gasteiger partial charge in [-0.3, -0.25) is 19.6 Å². The van der Waals surface area contributed by atoms with Crippen LogP contribution in [0.1, 0.15) is 127 Å². The van der Waals surface area contributed by atoms with Crippen LogP contribution in [0.5, 0.6) is 0 Å². The number of carbonyl (C=O) groups is 4. The highest BCUT2D eigenvalue weighted by Gasteiger charge is 2.50. The number of hydrogen-bond acceptors (Lipinski definition) is 12. The Morgan fingerprint density at radius 1 is 0.696 bits per heavy atom. The van der Waals surface area contributed by atoms with E-state index >= 15 is 0 Å². The molecule has 16 heteroatoms. The van der Waals surface area contributed by atoms with Crippen molar-refractivity contribution in [2.24, 2.45) is 10.8 Å². The smallest absolute Gasteiger partial charge is 0.468 e. The summed E-state index contributed by atoms with van der Waals surface area (Å²) >= 11 is 3.44. The standard InChI is InChI=1S/C24H32N2O4.C16H19BrN2O2.C13H23BO4/c1-16(26(7)22(28)30-23(2,3)4)19-12-11-18-10-9-17(15-20(18)25-19)13-14-24(5,6)21(27)29-8;1-16(2,3)21-15(20)19(4)10-13-8-6-11-5-7-12(17)9-14(11)18-13;1-11(2,10(15)16-7)8-9-14-17-12(3,4)13(5,6)18-14/h9-16H,1-8H3;5-9H,10H2,1-4H3;8-9H,1-7H3/b14-13+;;9-8+/t16-;;/m1../s1. The molecule has 376 valence electrons. The van der Waals surface area contributed by atoms with Crippen LogP contribution in [0.25, 0.3) is 27.9 Å². The summed E-state index contributed by atoms with van der Waals surface area (Å²) in [7, 11) is 5.75. The number of fused-ring (bicyclic) bond motifs is 2. The van der Waals surface area contributed by atoms with Gasteiger partial charge in [-0.05, 0) is 140 Å². The molecule has 1 saturated heterocycles. The number of benzene rings is 2. The number of halogens is 1. The summed E-state index contributed by atoms with van der Waals surface area (Å²) in [5.41, 5.74) is 1.07. The Morgan fingerprint density at radius 3 is 1.71 bits per heavy atom. The van der Waals surface area contributed by atoms with Crippen LogP contribution >= 0.6 is 15.9 Å². The predicted molar refractivity (Wildman–Crippen MR) is 277 cm³/mol. The minimum absolute atomic E-state index is 0.248. The zero-order valence-corrected chi connectivity index (χ0v) is 45.8. The first-order valence-electron chi connectivity index (χ1n) is 22.9. The molecule has 5 rings (SSSR count). The molecule has 0 unspecified atom stereocenters. The van der Waals surface area contributed by atoms with Crippen molar-refractivity contribution in [3.8, 4) is 0 Å². The van der Waals surface area contributed by atoms with Crippen molar-refractivity contribution in [2.75, 3.05) is 28.3 Å². The number of hydrogen-bond donors (Lipinski definition) is 0. The predicted octanol–water partition coefficient (Wildman–Crippen LogP) is 12.1. The van der Waals surface area contributed by atoms with Gasteiger partial charge in [0.15, 0.2) is 0 Å². The molecule has 1 aliphatic rings. The maximum atomic E-state index is 12.4. The average molecular weight is 1020 g/mol. The van der Waals surface area contributed by atoms with Gasteiger partial charge in [0.1, 0.15) is 11.2 Å². The van der Waals surface area contributed by atoms with Crippen molar-refractivity contribution in [2.45, 2.75) is 139 Å². The van der Waals surface area contributed by atoms with Crippen LogP contribution in [0.3, 0.4) is 0 Å². The zero-order valence-electron chi connectivity index (χ0n) is 44.2. The van der Waals surface area contributed by atoms with Gasteiger partial charge >= 0.3 is 31.2 Å². The molecule has 0 bridgehead atoms. The van der Waals surface area contributed by atoms with Crippen molar-refractivity contribution in [3.63, 3.8) is 0 Å². The first-order valence-corrected chi connectivity index (χ1v) is 23.7. The van der Waals surface area contributed by atoms with E-state index in [0.717, 1.165) is 43.2 Å². The van der Waals surface area contributed by atoms with Gasteiger partial charge in [-0.15, -0.1) is 0 Å². The molecule has 0 aliphatic carbocycles. The van der Waals surface area contributed by atoms with Crippen LogP contribution in [-0.4, -0.2) is 102 Å². The van der Waals surface area contributed by atoms with E-state index in [4.69, 9.17) is 33.2 Å². The Hall–Kier alpha value is -5.32. The average Bonchev–Trinajstić information content (AvgIpc) is 3.47. The van der Waals surface area contributed by atoms with Gasteiger partial charge in [-0.25, -0.2) is 9.59 Å². The lowest BCUT2D eigenvalue weighted by atomic mass is 9.83. The van der Waals surface area contributed by atoms with Gasteiger partial charge in [-0.2, -0.15) is 0 Å². The summed E-state index contributed by atoms with van der Waals surface area (Å²) in [6.45, 7) is 28.6. The summed E-state index contributed by atoms with van der Waals surface area (Å²) in [6, 6.07) is 19.5. The SMILES string of the molecule is CN(Cc1ccc2ccc(Br)cc2n1)C(=O)OC(C)(C)C.COC(=O)C(C)(C)/C=C/B1OC(C)(C)C(C)(C)O1.COC(=O)C(C)(C)/C=C/c1ccc2ccc([C@@H](C)N(C)C(=O)OC(C)(C)C)nc2c1. The van der Waals surface area contributed by atoms with Crippen LogP contribution in [0.2, 0.25) is 0 Å². The van der Waals surface area contributed by atoms with Crippen LogP contribution < -0.4 is 0 Å². The number of carbonyl (C=O) groups excluding carboxylic acids is 4. The molecule has 0 saturated carbocycles. The number of methoxy groups -OCH3 is 2. The molecular weight excluding hydrogens is 943 g/mol. The fourth-order valence-corrected chi connectivity index (χ4v) is 6.65. The molecule has 2 amide bonds. The molecule has 1 fully saturated rings. The van der Waals surface area contributed by atoms with E-state index in [9.17, 15) is 19.2 Å². The van der Waals surface area contributed by atoms with Gasteiger partial charge in [0.05, 0.1) is 71.3 Å². The van der Waals surface area contributed by atoms with Crippen molar-refractivity contribution in [1.29, 1.82) is 0 Å². The second-order valence-corrected chi connectivity index (χ2v) is 22.1. The zero-order chi connectivity index (χ0) is 52.5. The molecule has 14 nitrogen and oxygen atoms in total. The third-order valence-corrected chi connectivity index (χ3v) is 11.8. The summed E-state index contributed by atoms with van der Waals surface area (Å²) < 4.78 is 33.0. The quantitative estimate of drug-likeness (QED) is 0.0843. The van der Waals surface area contributed by atoms with E-state index < -0.39 is 35.2 Å². The lowest BCUT2D eigenvalue weighted by molar-refractivity contribution is -0.148. The van der Waals surface area contributed by atoms with Crippen LogP contribution in [0, 0.1) is 10.8 Å². The molecular formula is C53H74BBrN4O10. The summed E-state index contributed by atoms with van der Waals surface area (Å²) in [4.78, 5) is 60.1. The molecule has 3 heterocycles. The van der Waals surface area contributed by atoms with E-state index in [1.54, 1.807) is 58.7 Å². The summed E-state index contributed by atoms with van der Waals surface area (Å²) in [6.07, 6.45) is 4.74. The van der Waals surface area contributed by atoms with E-state index in [2.05, 4.69) is 20.9 Å². The monoisotopic (exact) mass is 1020 g/mol. The molecule has 0 spiro atoms. The lowest BCUT2D eigenvalue weighted by Gasteiger charge is -2.32. The van der Waals surface area contributed by atoms with Crippen molar-refractivity contribution in [1.82, 2.24) is 19.8 Å². The molecule has 2 aromatic carbocycles. The topological polar surface area (TPSA) is 156 Å². The van der Waals surface area contributed by atoms with E-state index in [0.29, 0.717) is 6.54 Å². The van der Waals surface area contributed by atoms with Gasteiger partial charge < -0.3 is 38.1 Å². The van der Waals surface area contributed by atoms with E-state index in [-0.39, 0.29) is 35.3 Å². The molecule has 0 N–H and O–H groups in total. The molecule has 1 atom stereocenters. The number of nitrogens with zero attached hydrogens (tertiary/aromatic N) is 4. The Bertz CT molecular complexity index is 2490. The van der Waals surface area contributed by atoms with Crippen LogP contribution in [0.15, 0.2) is 83.3 Å². The lowest BCUT2D eigenvalue weighted by Crippen LogP contribution is -2.41. The molecule has 0 radical (unpaired) electrons. The van der Waals surface area contributed by atoms with Gasteiger partial charge in [0.2, 0.25) is 0 Å². The van der Waals surface area contributed by atoms with Gasteiger partial charge in [-0.1, -0.05) is 70.5 Å². The molecule has 4 aromatic rings. The maximum Gasteiger partial charge on any atom is 0.486 e. The summed E-state index contributed by atoms with van der Waals surface area (Å²) in [5, 5.41) is 2.07. The molecule has 69 heavy (non-hydrogen) atoms. The first kappa shape index (κ1) is 58.0. The van der Waals surface area contributed by atoms with E-state index in [1.165, 1.54) is 19.1 Å². The second kappa shape index (κ2) is 23.1. The minimum atomic E-state index is -0.719. The van der Waals surface area contributed by atoms with Crippen LogP contribution in [0.4, 0.5) is 9.59 Å². The van der Waals surface area contributed by atoms with Gasteiger partial charge in [0.25, 0.3) is 0 Å². The Morgan fingerprint density at radius 2 is 1.17 bits per heavy atom. The Kier molecular flexibility index (Phi) is 19.4. The van der Waals surface area contributed by atoms with Crippen molar-refractivity contribution >= 4 is 75.1 Å². The van der Waals surface area contributed by atoms with E-state index in [1.807, 2.05) is 149 Å². The summed E-state index contributed by atoms with van der Waals surface area (Å²) in [5.74, 6) is 1.20. The Labute approximate surface area is 418 Å². The fourth-order valence-electron chi connectivity index (χ4n) is 6.30. The second-order valence-electron chi connectivity index (χ2n) is 21.2. The first-order chi connectivity index (χ1) is 31.6. The highest BCUT2D eigenvalue weighted by Crippen LogP contribution is 2.37. The Balaban J connectivity index is 0.000000285. The maximum absolute atomic E-state index is 12.4. The third-order valence-electron chi connectivity index (χ3n) is 11.3. The molecule has 2 aromatic heterocycles. The largest absolute Gasteiger partial charge is 0.486 e. The highest BCUT2D eigenvalue weighted by molar-refractivity contribution is 9.10. The normalized spacial score (nSPS) is 15.2. The van der Waals surface area contributed by atoms with Crippen molar-refractivity contribution in [3.05, 3.63) is 100 Å². The van der Waals surface area contributed by atoms with Gasteiger partial charge in [0, 0.05) is 29.3 Å². The number of ether oxygens (including phenoxy) is 4. The molecule has 1 aliphatic heterocycles. The highest BCUT2D eigenvalue weighted by atomic mass is 79.9. The minimum Gasteiger partial charge on any atom is -0.468 e. The van der Waals surface area contributed by atoms with Crippen LogP contribution in [-0.2, 0) is 44.4 Å².